The first-order chi connectivity index (χ1) is 8.60. The fourth-order valence-electron chi connectivity index (χ4n) is 1.52. The molecule has 100 valence electrons. The largest absolute Gasteiger partial charge is 0.494 e. The molecule has 6 heteroatoms. The number of methoxy groups -OCH3 is 2. The highest BCUT2D eigenvalue weighted by Crippen LogP contribution is 2.22. The third kappa shape index (κ3) is 3.68. The lowest BCUT2D eigenvalue weighted by Crippen LogP contribution is -2.31. The van der Waals surface area contributed by atoms with Crippen molar-refractivity contribution in [3.8, 4) is 5.75 Å². The number of rotatable bonds is 7. The summed E-state index contributed by atoms with van der Waals surface area (Å²) in [4.78, 5) is 11.1. The van der Waals surface area contributed by atoms with Crippen molar-refractivity contribution in [2.45, 2.75) is 6.04 Å². The number of halogens is 1. The van der Waals surface area contributed by atoms with Crippen LogP contribution in [-0.2, 0) is 9.53 Å². The standard InChI is InChI=1S/C12H16FNO4/c1-17-6-5-14-11(12(15)16)8-3-4-10(18-2)9(13)7-8/h3-4,7,11,14H,5-6H2,1-2H3,(H,15,16). The van der Waals surface area contributed by atoms with Gasteiger partial charge in [-0.3, -0.25) is 10.1 Å². The van der Waals surface area contributed by atoms with Crippen LogP contribution in [0.5, 0.6) is 5.75 Å². The second-order valence-corrected chi connectivity index (χ2v) is 3.61. The molecule has 0 amide bonds. The summed E-state index contributed by atoms with van der Waals surface area (Å²) in [6, 6.07) is 3.09. The molecule has 0 aliphatic rings. The Balaban J connectivity index is 2.85. The van der Waals surface area contributed by atoms with E-state index < -0.39 is 17.8 Å². The van der Waals surface area contributed by atoms with Crippen LogP contribution in [0.2, 0.25) is 0 Å². The van der Waals surface area contributed by atoms with Crippen molar-refractivity contribution < 1.29 is 23.8 Å². The Morgan fingerprint density at radius 2 is 2.22 bits per heavy atom. The second kappa shape index (κ2) is 6.93. The Labute approximate surface area is 105 Å². The van der Waals surface area contributed by atoms with E-state index in [1.54, 1.807) is 0 Å². The van der Waals surface area contributed by atoms with Gasteiger partial charge in [0.05, 0.1) is 13.7 Å². The van der Waals surface area contributed by atoms with E-state index in [9.17, 15) is 9.18 Å². The molecule has 0 heterocycles. The van der Waals surface area contributed by atoms with Gasteiger partial charge in [-0.15, -0.1) is 0 Å². The molecule has 0 radical (unpaired) electrons. The molecule has 0 bridgehead atoms. The van der Waals surface area contributed by atoms with Crippen LogP contribution in [-0.4, -0.2) is 38.4 Å². The molecule has 0 saturated heterocycles. The lowest BCUT2D eigenvalue weighted by molar-refractivity contribution is -0.139. The highest BCUT2D eigenvalue weighted by Gasteiger charge is 2.20. The lowest BCUT2D eigenvalue weighted by Gasteiger charge is -2.15. The maximum atomic E-state index is 13.5. The van der Waals surface area contributed by atoms with Crippen LogP contribution in [0.1, 0.15) is 11.6 Å². The number of ether oxygens (including phenoxy) is 2. The van der Waals surface area contributed by atoms with Crippen molar-refractivity contribution in [2.24, 2.45) is 0 Å². The second-order valence-electron chi connectivity index (χ2n) is 3.61. The zero-order valence-corrected chi connectivity index (χ0v) is 10.3. The van der Waals surface area contributed by atoms with E-state index >= 15 is 0 Å². The van der Waals surface area contributed by atoms with Crippen molar-refractivity contribution >= 4 is 5.97 Å². The first kappa shape index (κ1) is 14.4. The maximum Gasteiger partial charge on any atom is 0.325 e. The molecule has 1 rings (SSSR count). The summed E-state index contributed by atoms with van der Waals surface area (Å²) in [6.45, 7) is 0.740. The van der Waals surface area contributed by atoms with Crippen molar-refractivity contribution in [3.05, 3.63) is 29.6 Å². The van der Waals surface area contributed by atoms with Gasteiger partial charge in [0.1, 0.15) is 6.04 Å². The fourth-order valence-corrected chi connectivity index (χ4v) is 1.52. The van der Waals surface area contributed by atoms with Crippen molar-refractivity contribution in [1.82, 2.24) is 5.32 Å². The molecule has 0 saturated carbocycles. The van der Waals surface area contributed by atoms with Crippen LogP contribution in [0, 0.1) is 5.82 Å². The predicted molar refractivity (Wildman–Crippen MR) is 63.2 cm³/mol. The minimum atomic E-state index is -1.07. The number of carbonyl (C=O) groups is 1. The van der Waals surface area contributed by atoms with Gasteiger partial charge in [0.15, 0.2) is 11.6 Å². The van der Waals surface area contributed by atoms with Crippen LogP contribution < -0.4 is 10.1 Å². The van der Waals surface area contributed by atoms with Gasteiger partial charge < -0.3 is 14.6 Å². The topological polar surface area (TPSA) is 67.8 Å². The van der Waals surface area contributed by atoms with Gasteiger partial charge in [-0.05, 0) is 17.7 Å². The van der Waals surface area contributed by atoms with Gasteiger partial charge in [0.2, 0.25) is 0 Å². The minimum absolute atomic E-state index is 0.0831. The zero-order chi connectivity index (χ0) is 13.5. The SMILES string of the molecule is COCCNC(C(=O)O)c1ccc(OC)c(F)c1. The van der Waals surface area contributed by atoms with Gasteiger partial charge >= 0.3 is 5.97 Å². The molecule has 1 unspecified atom stereocenters. The number of carboxylic acids is 1. The van der Waals surface area contributed by atoms with Crippen LogP contribution in [0.25, 0.3) is 0 Å². The normalized spacial score (nSPS) is 12.2. The summed E-state index contributed by atoms with van der Waals surface area (Å²) in [5, 5.41) is 11.9. The Morgan fingerprint density at radius 1 is 1.50 bits per heavy atom. The number of aliphatic carboxylic acids is 1. The number of nitrogens with one attached hydrogen (secondary N) is 1. The van der Waals surface area contributed by atoms with E-state index in [-0.39, 0.29) is 5.75 Å². The number of hydrogen-bond donors (Lipinski definition) is 2. The highest BCUT2D eigenvalue weighted by molar-refractivity contribution is 5.75. The van der Waals surface area contributed by atoms with Gasteiger partial charge in [-0.1, -0.05) is 6.07 Å². The van der Waals surface area contributed by atoms with Gasteiger partial charge in [-0.2, -0.15) is 0 Å². The summed E-state index contributed by atoms with van der Waals surface area (Å²) >= 11 is 0. The molecule has 1 aromatic carbocycles. The first-order valence-corrected chi connectivity index (χ1v) is 5.38. The monoisotopic (exact) mass is 257 g/mol. The third-order valence-corrected chi connectivity index (χ3v) is 2.41. The molecule has 1 aromatic rings. The summed E-state index contributed by atoms with van der Waals surface area (Å²) < 4.78 is 23.1. The van der Waals surface area contributed by atoms with E-state index in [4.69, 9.17) is 14.6 Å². The molecule has 0 aliphatic heterocycles. The van der Waals surface area contributed by atoms with Gasteiger partial charge in [-0.25, -0.2) is 4.39 Å². The van der Waals surface area contributed by atoms with E-state index in [0.717, 1.165) is 6.07 Å². The molecule has 1 atom stereocenters. The molecular formula is C12H16FNO4. The van der Waals surface area contributed by atoms with Crippen molar-refractivity contribution in [3.63, 3.8) is 0 Å². The van der Waals surface area contributed by atoms with E-state index in [1.807, 2.05) is 0 Å². The maximum absolute atomic E-state index is 13.5. The Bertz CT molecular complexity index is 411. The van der Waals surface area contributed by atoms with Gasteiger partial charge in [0.25, 0.3) is 0 Å². The van der Waals surface area contributed by atoms with Crippen molar-refractivity contribution in [2.75, 3.05) is 27.4 Å². The van der Waals surface area contributed by atoms with E-state index in [1.165, 1.54) is 26.4 Å². The van der Waals surface area contributed by atoms with Gasteiger partial charge in [0, 0.05) is 13.7 Å². The Hall–Kier alpha value is -1.66. The zero-order valence-electron chi connectivity index (χ0n) is 10.3. The summed E-state index contributed by atoms with van der Waals surface area (Å²) in [7, 11) is 2.87. The first-order valence-electron chi connectivity index (χ1n) is 5.38. The molecule has 5 nitrogen and oxygen atoms in total. The molecule has 0 aromatic heterocycles. The molecule has 0 spiro atoms. The smallest absolute Gasteiger partial charge is 0.325 e. The predicted octanol–water partition coefficient (Wildman–Crippen LogP) is 1.20. The third-order valence-electron chi connectivity index (χ3n) is 2.41. The summed E-state index contributed by atoms with van der Waals surface area (Å²) in [5.41, 5.74) is 0.330. The highest BCUT2D eigenvalue weighted by atomic mass is 19.1. The number of benzene rings is 1. The molecule has 0 aliphatic carbocycles. The average Bonchev–Trinajstić information content (AvgIpc) is 2.34. The number of carboxylic acid groups (broad SMARTS) is 1. The minimum Gasteiger partial charge on any atom is -0.494 e. The van der Waals surface area contributed by atoms with E-state index in [2.05, 4.69) is 5.32 Å². The van der Waals surface area contributed by atoms with Crippen molar-refractivity contribution in [1.29, 1.82) is 0 Å². The fraction of sp³-hybridized carbons (Fsp3) is 0.417. The van der Waals surface area contributed by atoms with Crippen LogP contribution in [0.4, 0.5) is 4.39 Å². The van der Waals surface area contributed by atoms with Crippen LogP contribution >= 0.6 is 0 Å². The Morgan fingerprint density at radius 3 is 2.72 bits per heavy atom. The van der Waals surface area contributed by atoms with Crippen LogP contribution in [0.15, 0.2) is 18.2 Å². The quantitative estimate of drug-likeness (QED) is 0.718. The molecule has 2 N–H and O–H groups in total. The average molecular weight is 257 g/mol. The number of hydrogen-bond acceptors (Lipinski definition) is 4. The molecule has 0 fully saturated rings. The molecule has 18 heavy (non-hydrogen) atoms. The summed E-state index contributed by atoms with van der Waals surface area (Å²) in [5.74, 6) is -1.58. The van der Waals surface area contributed by atoms with Crippen LogP contribution in [0.3, 0.4) is 0 Å². The Kier molecular flexibility index (Phi) is 5.54. The lowest BCUT2D eigenvalue weighted by atomic mass is 10.1. The summed E-state index contributed by atoms with van der Waals surface area (Å²) in [6.07, 6.45) is 0. The molecular weight excluding hydrogens is 241 g/mol. The van der Waals surface area contributed by atoms with E-state index in [0.29, 0.717) is 18.7 Å².